The van der Waals surface area contributed by atoms with E-state index in [0.29, 0.717) is 25.3 Å². The summed E-state index contributed by atoms with van der Waals surface area (Å²) in [6.07, 6.45) is 2.15. The highest BCUT2D eigenvalue weighted by molar-refractivity contribution is 7.89. The number of benzene rings is 1. The zero-order valence-corrected chi connectivity index (χ0v) is 18.4. The lowest BCUT2D eigenvalue weighted by molar-refractivity contribution is 0.0204. The quantitative estimate of drug-likeness (QED) is 0.703. The Balaban J connectivity index is 1.81. The number of sulfonamides is 1. The van der Waals surface area contributed by atoms with Crippen LogP contribution in [-0.2, 0) is 14.8 Å². The standard InChI is InChI=1S/C20H32N4O4S/c1-16(23-10-12-28-13-11-23)15-21-20(25)18-14-17(29(26,27)22(2)3)6-7-19(18)24-8-4-5-9-24/h6-7,14,16H,4-5,8-13,15H2,1-3H3,(H,21,25). The number of ether oxygens (including phenoxy) is 1. The summed E-state index contributed by atoms with van der Waals surface area (Å²) in [6, 6.07) is 5.06. The minimum atomic E-state index is -3.61. The van der Waals surface area contributed by atoms with E-state index >= 15 is 0 Å². The van der Waals surface area contributed by atoms with Gasteiger partial charge in [0.2, 0.25) is 10.0 Å². The molecule has 1 amide bonds. The monoisotopic (exact) mass is 424 g/mol. The number of anilines is 1. The van der Waals surface area contributed by atoms with Gasteiger partial charge in [0.05, 0.1) is 23.7 Å². The van der Waals surface area contributed by atoms with Gasteiger partial charge in [-0.05, 0) is 38.0 Å². The molecule has 1 unspecified atom stereocenters. The van der Waals surface area contributed by atoms with E-state index in [2.05, 4.69) is 22.0 Å². The zero-order valence-electron chi connectivity index (χ0n) is 17.6. The van der Waals surface area contributed by atoms with Crippen LogP contribution in [0.5, 0.6) is 0 Å². The maximum Gasteiger partial charge on any atom is 0.253 e. The molecular weight excluding hydrogens is 392 g/mol. The van der Waals surface area contributed by atoms with Crippen LogP contribution in [0.4, 0.5) is 5.69 Å². The minimum Gasteiger partial charge on any atom is -0.379 e. The van der Waals surface area contributed by atoms with E-state index in [1.54, 1.807) is 12.1 Å². The molecule has 9 heteroatoms. The fourth-order valence-electron chi connectivity index (χ4n) is 3.79. The number of amides is 1. The summed E-state index contributed by atoms with van der Waals surface area (Å²) in [5.74, 6) is -0.234. The first-order valence-electron chi connectivity index (χ1n) is 10.2. The Hall–Kier alpha value is -1.68. The van der Waals surface area contributed by atoms with Crippen LogP contribution < -0.4 is 10.2 Å². The predicted molar refractivity (Wildman–Crippen MR) is 113 cm³/mol. The molecule has 1 N–H and O–H groups in total. The molecule has 0 radical (unpaired) electrons. The first-order chi connectivity index (χ1) is 13.8. The second-order valence-electron chi connectivity index (χ2n) is 7.87. The summed E-state index contributed by atoms with van der Waals surface area (Å²) in [5, 5.41) is 3.01. The van der Waals surface area contributed by atoms with Gasteiger partial charge in [-0.2, -0.15) is 0 Å². The van der Waals surface area contributed by atoms with Crippen LogP contribution in [0.15, 0.2) is 23.1 Å². The maximum absolute atomic E-state index is 13.1. The fraction of sp³-hybridized carbons (Fsp3) is 0.650. The third kappa shape index (κ3) is 5.09. The number of nitrogens with one attached hydrogen (secondary N) is 1. The number of nitrogens with zero attached hydrogens (tertiary/aromatic N) is 3. The maximum atomic E-state index is 13.1. The molecule has 2 aliphatic heterocycles. The molecule has 0 aliphatic carbocycles. The Labute approximate surface area is 173 Å². The second kappa shape index (κ2) is 9.42. The van der Waals surface area contributed by atoms with E-state index in [-0.39, 0.29) is 16.8 Å². The van der Waals surface area contributed by atoms with Crippen LogP contribution in [-0.4, -0.2) is 89.6 Å². The van der Waals surface area contributed by atoms with E-state index < -0.39 is 10.0 Å². The summed E-state index contributed by atoms with van der Waals surface area (Å²) >= 11 is 0. The van der Waals surface area contributed by atoms with Crippen molar-refractivity contribution >= 4 is 21.6 Å². The lowest BCUT2D eigenvalue weighted by atomic mass is 10.1. The van der Waals surface area contributed by atoms with Crippen LogP contribution in [0.25, 0.3) is 0 Å². The summed E-state index contributed by atoms with van der Waals surface area (Å²) in [5.41, 5.74) is 1.22. The summed E-state index contributed by atoms with van der Waals surface area (Å²) in [7, 11) is -0.622. The van der Waals surface area contributed by atoms with Gasteiger partial charge in [-0.15, -0.1) is 0 Å². The summed E-state index contributed by atoms with van der Waals surface area (Å²) < 4.78 is 31.7. The highest BCUT2D eigenvalue weighted by Gasteiger charge is 2.25. The highest BCUT2D eigenvalue weighted by atomic mass is 32.2. The first-order valence-corrected chi connectivity index (χ1v) is 11.7. The van der Waals surface area contributed by atoms with Crippen molar-refractivity contribution in [2.75, 3.05) is 64.9 Å². The topological polar surface area (TPSA) is 82.2 Å². The third-order valence-corrected chi connectivity index (χ3v) is 7.48. The number of morpholine rings is 1. The Morgan fingerprint density at radius 3 is 2.45 bits per heavy atom. The van der Waals surface area contributed by atoms with Gasteiger partial charge < -0.3 is 15.0 Å². The Morgan fingerprint density at radius 1 is 1.17 bits per heavy atom. The molecule has 8 nitrogen and oxygen atoms in total. The van der Waals surface area contributed by atoms with Crippen LogP contribution in [0.2, 0.25) is 0 Å². The highest BCUT2D eigenvalue weighted by Crippen LogP contribution is 2.28. The predicted octanol–water partition coefficient (Wildman–Crippen LogP) is 0.988. The molecule has 3 rings (SSSR count). The summed E-state index contributed by atoms with van der Waals surface area (Å²) in [4.78, 5) is 17.7. The van der Waals surface area contributed by atoms with Gasteiger partial charge in [-0.25, -0.2) is 12.7 Å². The molecule has 2 saturated heterocycles. The van der Waals surface area contributed by atoms with Crippen LogP contribution in [0.1, 0.15) is 30.1 Å². The number of rotatable bonds is 7. The van der Waals surface area contributed by atoms with E-state index in [0.717, 1.165) is 44.7 Å². The number of carbonyl (C=O) groups is 1. The van der Waals surface area contributed by atoms with Crippen molar-refractivity contribution in [3.63, 3.8) is 0 Å². The molecular formula is C20H32N4O4S. The Morgan fingerprint density at radius 2 is 1.83 bits per heavy atom. The van der Waals surface area contributed by atoms with E-state index in [4.69, 9.17) is 4.74 Å². The zero-order chi connectivity index (χ0) is 21.0. The number of hydrogen-bond donors (Lipinski definition) is 1. The average Bonchev–Trinajstić information content (AvgIpc) is 3.26. The fourth-order valence-corrected chi connectivity index (χ4v) is 4.71. The Bertz CT molecular complexity index is 816. The van der Waals surface area contributed by atoms with Crippen molar-refractivity contribution in [1.29, 1.82) is 0 Å². The summed E-state index contributed by atoms with van der Waals surface area (Å²) in [6.45, 7) is 7.47. The lowest BCUT2D eigenvalue weighted by Crippen LogP contribution is -2.47. The molecule has 1 atom stereocenters. The van der Waals surface area contributed by atoms with Gasteiger partial charge in [0.15, 0.2) is 0 Å². The van der Waals surface area contributed by atoms with Gasteiger partial charge in [0.25, 0.3) is 5.91 Å². The van der Waals surface area contributed by atoms with Crippen LogP contribution >= 0.6 is 0 Å². The molecule has 2 heterocycles. The molecule has 2 aliphatic rings. The average molecular weight is 425 g/mol. The van der Waals surface area contributed by atoms with Crippen molar-refractivity contribution < 1.29 is 17.9 Å². The second-order valence-corrected chi connectivity index (χ2v) is 10.0. The lowest BCUT2D eigenvalue weighted by Gasteiger charge is -2.32. The first kappa shape index (κ1) is 22.0. The van der Waals surface area contributed by atoms with Crippen LogP contribution in [0.3, 0.4) is 0 Å². The number of hydrogen-bond acceptors (Lipinski definition) is 6. The normalized spacial score (nSPS) is 19.5. The smallest absolute Gasteiger partial charge is 0.253 e. The SMILES string of the molecule is CC(CNC(=O)c1cc(S(=O)(=O)N(C)C)ccc1N1CCCC1)N1CCOCC1. The van der Waals surface area contributed by atoms with Gasteiger partial charge in [0, 0.05) is 58.5 Å². The van der Waals surface area contributed by atoms with Crippen LogP contribution in [0, 0.1) is 0 Å². The molecule has 0 aromatic heterocycles. The van der Waals surface area contributed by atoms with Crippen molar-refractivity contribution in [2.24, 2.45) is 0 Å². The molecule has 0 saturated carbocycles. The van der Waals surface area contributed by atoms with Crippen molar-refractivity contribution in [1.82, 2.24) is 14.5 Å². The van der Waals surface area contributed by atoms with E-state index in [9.17, 15) is 13.2 Å². The van der Waals surface area contributed by atoms with Gasteiger partial charge in [-0.1, -0.05) is 0 Å². The Kier molecular flexibility index (Phi) is 7.15. The van der Waals surface area contributed by atoms with E-state index in [1.807, 2.05) is 0 Å². The van der Waals surface area contributed by atoms with Gasteiger partial charge >= 0.3 is 0 Å². The molecule has 1 aromatic rings. The number of carbonyl (C=O) groups excluding carboxylic acids is 1. The van der Waals surface area contributed by atoms with Crippen molar-refractivity contribution in [2.45, 2.75) is 30.7 Å². The van der Waals surface area contributed by atoms with Crippen molar-refractivity contribution in [3.05, 3.63) is 23.8 Å². The minimum absolute atomic E-state index is 0.136. The molecule has 1 aromatic carbocycles. The van der Waals surface area contributed by atoms with Gasteiger partial charge in [-0.3, -0.25) is 9.69 Å². The third-order valence-electron chi connectivity index (χ3n) is 5.67. The van der Waals surface area contributed by atoms with E-state index in [1.165, 1.54) is 24.5 Å². The molecule has 0 spiro atoms. The molecule has 0 bridgehead atoms. The molecule has 29 heavy (non-hydrogen) atoms. The molecule has 2 fully saturated rings. The largest absolute Gasteiger partial charge is 0.379 e. The molecule has 162 valence electrons. The van der Waals surface area contributed by atoms with Crippen molar-refractivity contribution in [3.8, 4) is 0 Å². The van der Waals surface area contributed by atoms with Gasteiger partial charge in [0.1, 0.15) is 0 Å².